The van der Waals surface area contributed by atoms with Gasteiger partial charge in [0.25, 0.3) is 0 Å². The molecule has 0 heterocycles. The molecule has 10 rings (SSSR count). The summed E-state index contributed by atoms with van der Waals surface area (Å²) in [5.41, 5.74) is 5.68. The summed E-state index contributed by atoms with van der Waals surface area (Å²) < 4.78 is 0. The maximum atomic E-state index is 13.4. The van der Waals surface area contributed by atoms with E-state index in [1.54, 1.807) is 0 Å². The first-order chi connectivity index (χ1) is 19.6. The molecule has 2 heteroatoms. The van der Waals surface area contributed by atoms with E-state index in [4.69, 9.17) is 0 Å². The predicted molar refractivity (Wildman–Crippen MR) is 161 cm³/mol. The Morgan fingerprint density at radius 2 is 1.38 bits per heavy atom. The topological polar surface area (TPSA) is 29.4 Å². The van der Waals surface area contributed by atoms with Gasteiger partial charge in [0.15, 0.2) is 0 Å². The van der Waals surface area contributed by atoms with Gasteiger partial charge in [-0.15, -0.1) is 4.91 Å². The van der Waals surface area contributed by atoms with E-state index >= 15 is 0 Å². The van der Waals surface area contributed by atoms with Crippen molar-refractivity contribution in [2.45, 2.75) is 88.9 Å². The number of rotatable bonds is 6. The molecule has 0 spiro atoms. The lowest BCUT2D eigenvalue weighted by atomic mass is 9.40. The predicted octanol–water partition coefficient (Wildman–Crippen LogP) is 9.64. The minimum Gasteiger partial charge on any atom is -0.145 e. The molecule has 0 radical (unpaired) electrons. The molecule has 2 nitrogen and oxygen atoms in total. The second-order valence-corrected chi connectivity index (χ2v) is 14.7. The van der Waals surface area contributed by atoms with E-state index in [9.17, 15) is 4.91 Å². The lowest BCUT2D eigenvalue weighted by Gasteiger charge is -2.63. The van der Waals surface area contributed by atoms with Crippen LogP contribution in [0.5, 0.6) is 0 Å². The molecule has 0 unspecified atom stereocenters. The number of hydrogen-bond donors (Lipinski definition) is 0. The molecular formula is C38H43NO. The van der Waals surface area contributed by atoms with Gasteiger partial charge in [0.2, 0.25) is 0 Å². The average molecular weight is 530 g/mol. The molecule has 0 amide bonds. The fourth-order valence-corrected chi connectivity index (χ4v) is 12.5. The zero-order valence-electron chi connectivity index (χ0n) is 24.2. The molecule has 0 aromatic heterocycles. The Kier molecular flexibility index (Phi) is 5.75. The van der Waals surface area contributed by atoms with Crippen LogP contribution in [0.1, 0.15) is 94.7 Å². The van der Waals surface area contributed by atoms with Crippen LogP contribution in [0, 0.1) is 64.4 Å². The van der Waals surface area contributed by atoms with E-state index < -0.39 is 0 Å². The third kappa shape index (κ3) is 3.24. The van der Waals surface area contributed by atoms with Gasteiger partial charge in [-0.25, -0.2) is 0 Å². The Morgan fingerprint density at radius 3 is 1.90 bits per heavy atom. The van der Waals surface area contributed by atoms with E-state index in [1.165, 1.54) is 86.5 Å². The van der Waals surface area contributed by atoms with E-state index in [0.717, 1.165) is 29.4 Å². The van der Waals surface area contributed by atoms with Crippen LogP contribution >= 0.6 is 0 Å². The first-order valence-electron chi connectivity index (χ1n) is 16.2. The minimum atomic E-state index is -0.182. The van der Waals surface area contributed by atoms with Crippen LogP contribution in [0.2, 0.25) is 0 Å². The van der Waals surface area contributed by atoms with Crippen LogP contribution in [0.25, 0.3) is 0 Å². The lowest BCUT2D eigenvalue weighted by Crippen LogP contribution is -2.57. The van der Waals surface area contributed by atoms with E-state index in [2.05, 4.69) is 79.7 Å². The van der Waals surface area contributed by atoms with Crippen LogP contribution in [0.15, 0.2) is 65.4 Å². The van der Waals surface area contributed by atoms with Crippen molar-refractivity contribution >= 4 is 5.69 Å². The molecule has 8 aliphatic rings. The SMILES string of the molecule is C/C=C\C=C(/C)C1(c2cccc(C3(c4c#cccc4)C4CC5CC(C4)CC3C5)c2N=O)C2CC3CC(C2)CC1C3. The van der Waals surface area contributed by atoms with Crippen molar-refractivity contribution in [2.24, 2.45) is 52.5 Å². The highest BCUT2D eigenvalue weighted by Crippen LogP contribution is 2.69. The van der Waals surface area contributed by atoms with Gasteiger partial charge in [0, 0.05) is 16.4 Å². The third-order valence-corrected chi connectivity index (χ3v) is 13.2. The highest BCUT2D eigenvalue weighted by molar-refractivity contribution is 5.65. The summed E-state index contributed by atoms with van der Waals surface area (Å²) in [7, 11) is 0. The fraction of sp³-hybridized carbons (Fsp3) is 0.579. The second kappa shape index (κ2) is 9.17. The molecule has 206 valence electrons. The quantitative estimate of drug-likeness (QED) is 0.270. The number of allylic oxidation sites excluding steroid dienone is 4. The Labute approximate surface area is 240 Å². The lowest BCUT2D eigenvalue weighted by molar-refractivity contribution is -0.0452. The summed E-state index contributed by atoms with van der Waals surface area (Å²) in [5, 5.41) is 4.09. The fourth-order valence-electron chi connectivity index (χ4n) is 12.5. The van der Waals surface area contributed by atoms with Crippen LogP contribution in [-0.2, 0) is 10.8 Å². The van der Waals surface area contributed by atoms with Gasteiger partial charge >= 0.3 is 0 Å². The average Bonchev–Trinajstić information content (AvgIpc) is 2.96. The normalized spacial score (nSPS) is 42.9. The summed E-state index contributed by atoms with van der Waals surface area (Å²) in [6, 6.07) is 20.3. The smallest absolute Gasteiger partial charge is 0.116 e. The first kappa shape index (κ1) is 25.1. The molecule has 8 saturated carbocycles. The van der Waals surface area contributed by atoms with Crippen LogP contribution < -0.4 is 0 Å². The molecule has 0 saturated heterocycles. The monoisotopic (exact) mass is 529 g/mol. The molecular weight excluding hydrogens is 486 g/mol. The first-order valence-corrected chi connectivity index (χ1v) is 16.2. The van der Waals surface area contributed by atoms with Crippen LogP contribution in [0.4, 0.5) is 5.69 Å². The van der Waals surface area contributed by atoms with Crippen molar-refractivity contribution in [2.75, 3.05) is 0 Å². The van der Waals surface area contributed by atoms with Crippen molar-refractivity contribution in [1.82, 2.24) is 0 Å². The van der Waals surface area contributed by atoms with Crippen molar-refractivity contribution in [3.05, 3.63) is 93.9 Å². The van der Waals surface area contributed by atoms with Gasteiger partial charge in [0.1, 0.15) is 5.69 Å². The number of nitroso groups, excluding NO2 is 1. The molecule has 0 atom stereocenters. The Balaban J connectivity index is 1.38. The Hall–Kier alpha value is -2.66. The van der Waals surface area contributed by atoms with Gasteiger partial charge in [-0.3, -0.25) is 0 Å². The summed E-state index contributed by atoms with van der Waals surface area (Å²) in [6.07, 6.45) is 19.9. The molecule has 8 aliphatic carbocycles. The highest BCUT2D eigenvalue weighted by atomic mass is 16.3. The molecule has 8 fully saturated rings. The van der Waals surface area contributed by atoms with E-state index in [0.29, 0.717) is 23.7 Å². The highest BCUT2D eigenvalue weighted by Gasteiger charge is 2.62. The van der Waals surface area contributed by atoms with Gasteiger partial charge in [-0.1, -0.05) is 60.2 Å². The van der Waals surface area contributed by atoms with E-state index in [1.807, 2.05) is 6.07 Å². The number of hydrogen-bond acceptors (Lipinski definition) is 2. The van der Waals surface area contributed by atoms with Crippen molar-refractivity contribution in [1.29, 1.82) is 0 Å². The summed E-state index contributed by atoms with van der Waals surface area (Å²) in [6.45, 7) is 4.47. The standard InChI is InChI=1S/C38H43NO/c1-3-4-9-24(2)37(30-16-25-14-26(18-30)19-31(37)17-25)34-12-8-13-35(36(34)39-40)38(29-10-6-5-7-11-29)32-20-27-15-28(22-32)23-33(38)21-27/h3-6,8-10,12-13,25-28,30-33H,14-23H2,1-2H3/b4-3-,24-9+. The van der Waals surface area contributed by atoms with Crippen LogP contribution in [0.3, 0.4) is 0 Å². The Bertz CT molecular complexity index is 1310. The molecule has 0 N–H and O–H groups in total. The number of nitrogens with zero attached hydrogens (tertiary/aromatic N) is 1. The minimum absolute atomic E-state index is 0.0915. The van der Waals surface area contributed by atoms with Crippen molar-refractivity contribution in [3.8, 4) is 0 Å². The third-order valence-electron chi connectivity index (χ3n) is 13.2. The number of benzene rings is 1. The molecule has 0 aliphatic heterocycles. The zero-order chi connectivity index (χ0) is 27.1. The summed E-state index contributed by atoms with van der Waals surface area (Å²) in [4.78, 5) is 13.4. The van der Waals surface area contributed by atoms with Gasteiger partial charge in [0.05, 0.1) is 0 Å². The largest absolute Gasteiger partial charge is 0.145 e. The summed E-state index contributed by atoms with van der Waals surface area (Å²) in [5.74, 6) is 5.75. The van der Waals surface area contributed by atoms with Gasteiger partial charge in [-0.2, -0.15) is 0 Å². The van der Waals surface area contributed by atoms with Gasteiger partial charge in [-0.05, 0) is 154 Å². The molecule has 2 aromatic carbocycles. The van der Waals surface area contributed by atoms with Crippen LogP contribution in [-0.4, -0.2) is 0 Å². The molecule has 40 heavy (non-hydrogen) atoms. The second-order valence-electron chi connectivity index (χ2n) is 14.7. The zero-order valence-corrected chi connectivity index (χ0v) is 24.2. The summed E-state index contributed by atoms with van der Waals surface area (Å²) >= 11 is 0. The maximum Gasteiger partial charge on any atom is 0.116 e. The molecule has 2 aromatic rings. The molecule has 8 bridgehead atoms. The maximum absolute atomic E-state index is 13.4. The van der Waals surface area contributed by atoms with Crippen molar-refractivity contribution in [3.63, 3.8) is 0 Å². The Morgan fingerprint density at radius 1 is 0.800 bits per heavy atom. The van der Waals surface area contributed by atoms with E-state index in [-0.39, 0.29) is 10.8 Å². The van der Waals surface area contributed by atoms with Gasteiger partial charge < -0.3 is 0 Å². The van der Waals surface area contributed by atoms with Crippen molar-refractivity contribution < 1.29 is 0 Å².